The summed E-state index contributed by atoms with van der Waals surface area (Å²) in [6.45, 7) is 3.36. The number of nitrogens with zero attached hydrogens (tertiary/aromatic N) is 2. The van der Waals surface area contributed by atoms with Gasteiger partial charge in [0.25, 0.3) is 0 Å². The van der Waals surface area contributed by atoms with Gasteiger partial charge in [0, 0.05) is 28.7 Å². The van der Waals surface area contributed by atoms with E-state index in [4.69, 9.17) is 16.3 Å². The molecule has 0 saturated heterocycles. The van der Waals surface area contributed by atoms with Crippen LogP contribution in [-0.4, -0.2) is 28.3 Å². The molecule has 28 heavy (non-hydrogen) atoms. The highest BCUT2D eigenvalue weighted by Gasteiger charge is 2.29. The van der Waals surface area contributed by atoms with Gasteiger partial charge in [-0.2, -0.15) is 5.10 Å². The number of amides is 1. The quantitative estimate of drug-likeness (QED) is 0.683. The predicted molar refractivity (Wildman–Crippen MR) is 110 cm³/mol. The van der Waals surface area contributed by atoms with E-state index in [1.165, 1.54) is 12.8 Å². The van der Waals surface area contributed by atoms with Gasteiger partial charge in [-0.1, -0.05) is 29.8 Å². The Balaban J connectivity index is 1.31. The number of benzene rings is 1. The Labute approximate surface area is 170 Å². The van der Waals surface area contributed by atoms with Crippen molar-refractivity contribution in [3.05, 3.63) is 52.8 Å². The number of halogens is 1. The highest BCUT2D eigenvalue weighted by molar-refractivity contribution is 6.31. The van der Waals surface area contributed by atoms with E-state index < -0.39 is 0 Å². The third kappa shape index (κ3) is 5.38. The van der Waals surface area contributed by atoms with Crippen LogP contribution in [0.4, 0.5) is 0 Å². The standard InChI is InChI=1S/C22H26ClN3O2/c1-15(25-22(27)18-6-7-18)2-3-17-11-24-26(12-17)13-19-8-9-20(10-21(19)23)28-14-16-4-5-16/h2-3,8-12,15-16,18H,4-7,13-14H2,1H3,(H,25,27)/t15-/m0/s1. The van der Waals surface area contributed by atoms with Crippen LogP contribution in [0.2, 0.25) is 5.02 Å². The zero-order chi connectivity index (χ0) is 19.5. The minimum atomic E-state index is 0.00841. The Morgan fingerprint density at radius 3 is 2.93 bits per heavy atom. The largest absolute Gasteiger partial charge is 0.493 e. The van der Waals surface area contributed by atoms with Crippen LogP contribution in [0.25, 0.3) is 6.08 Å². The third-order valence-corrected chi connectivity index (χ3v) is 5.44. The van der Waals surface area contributed by atoms with E-state index in [1.807, 2.05) is 54.4 Å². The van der Waals surface area contributed by atoms with Crippen molar-refractivity contribution < 1.29 is 9.53 Å². The zero-order valence-corrected chi connectivity index (χ0v) is 16.9. The summed E-state index contributed by atoms with van der Waals surface area (Å²) in [4.78, 5) is 11.8. The molecule has 2 fully saturated rings. The predicted octanol–water partition coefficient (Wildman–Crippen LogP) is 4.30. The maximum absolute atomic E-state index is 11.8. The van der Waals surface area contributed by atoms with Gasteiger partial charge in [0.1, 0.15) is 5.75 Å². The molecule has 0 radical (unpaired) electrons. The van der Waals surface area contributed by atoms with Crippen molar-refractivity contribution in [2.45, 2.75) is 45.2 Å². The first-order valence-electron chi connectivity index (χ1n) is 9.99. The lowest BCUT2D eigenvalue weighted by atomic mass is 10.2. The van der Waals surface area contributed by atoms with Gasteiger partial charge in [-0.3, -0.25) is 9.48 Å². The molecule has 6 heteroatoms. The Bertz CT molecular complexity index is 868. The summed E-state index contributed by atoms with van der Waals surface area (Å²) < 4.78 is 7.63. The van der Waals surface area contributed by atoms with Crippen LogP contribution in [0.5, 0.6) is 5.75 Å². The molecule has 0 unspecified atom stereocenters. The van der Waals surface area contributed by atoms with E-state index in [2.05, 4.69) is 10.4 Å². The number of rotatable bonds is 9. The van der Waals surface area contributed by atoms with Gasteiger partial charge in [-0.25, -0.2) is 0 Å². The van der Waals surface area contributed by atoms with E-state index in [9.17, 15) is 4.79 Å². The van der Waals surface area contributed by atoms with Crippen LogP contribution < -0.4 is 10.1 Å². The number of nitrogens with one attached hydrogen (secondary N) is 1. The lowest BCUT2D eigenvalue weighted by Gasteiger charge is -2.09. The molecule has 1 N–H and O–H groups in total. The maximum atomic E-state index is 11.8. The maximum Gasteiger partial charge on any atom is 0.223 e. The van der Waals surface area contributed by atoms with E-state index in [1.54, 1.807) is 0 Å². The molecule has 2 aliphatic rings. The summed E-state index contributed by atoms with van der Waals surface area (Å²) in [5.41, 5.74) is 2.00. The van der Waals surface area contributed by atoms with Crippen molar-refractivity contribution in [2.24, 2.45) is 11.8 Å². The number of ether oxygens (including phenoxy) is 1. The van der Waals surface area contributed by atoms with E-state index >= 15 is 0 Å². The lowest BCUT2D eigenvalue weighted by molar-refractivity contribution is -0.122. The second-order valence-electron chi connectivity index (χ2n) is 7.91. The second-order valence-corrected chi connectivity index (χ2v) is 8.32. The molecular formula is C22H26ClN3O2. The SMILES string of the molecule is C[C@@H](C=Cc1cnn(Cc2ccc(OCC3CC3)cc2Cl)c1)NC(=O)C1CC1. The van der Waals surface area contributed by atoms with Crippen LogP contribution in [0.3, 0.4) is 0 Å². The molecule has 1 amide bonds. The van der Waals surface area contributed by atoms with Gasteiger partial charge in [-0.15, -0.1) is 0 Å². The second kappa shape index (κ2) is 8.39. The molecule has 148 valence electrons. The Hall–Kier alpha value is -2.27. The first kappa shape index (κ1) is 19.1. The van der Waals surface area contributed by atoms with Crippen molar-refractivity contribution in [1.82, 2.24) is 15.1 Å². The first-order chi connectivity index (χ1) is 13.6. The molecule has 4 rings (SSSR count). The summed E-state index contributed by atoms with van der Waals surface area (Å²) >= 11 is 6.42. The monoisotopic (exact) mass is 399 g/mol. The van der Waals surface area contributed by atoms with Gasteiger partial charge < -0.3 is 10.1 Å². The zero-order valence-electron chi connectivity index (χ0n) is 16.1. The normalized spacial score (nSPS) is 17.6. The molecule has 5 nitrogen and oxygen atoms in total. The van der Waals surface area contributed by atoms with Crippen LogP contribution in [0, 0.1) is 11.8 Å². The fourth-order valence-electron chi connectivity index (χ4n) is 2.96. The Morgan fingerprint density at radius 2 is 2.21 bits per heavy atom. The van der Waals surface area contributed by atoms with Crippen LogP contribution >= 0.6 is 11.6 Å². The summed E-state index contributed by atoms with van der Waals surface area (Å²) in [6.07, 6.45) is 12.3. The minimum Gasteiger partial charge on any atom is -0.493 e. The summed E-state index contributed by atoms with van der Waals surface area (Å²) in [7, 11) is 0. The first-order valence-corrected chi connectivity index (χ1v) is 10.4. The number of hydrogen-bond donors (Lipinski definition) is 1. The van der Waals surface area contributed by atoms with Gasteiger partial charge >= 0.3 is 0 Å². The molecule has 2 aliphatic carbocycles. The van der Waals surface area contributed by atoms with Crippen molar-refractivity contribution in [3.8, 4) is 5.75 Å². The highest BCUT2D eigenvalue weighted by atomic mass is 35.5. The van der Waals surface area contributed by atoms with Crippen LogP contribution in [0.15, 0.2) is 36.7 Å². The fraction of sp³-hybridized carbons (Fsp3) is 0.455. The number of carbonyl (C=O) groups excluding carboxylic acids is 1. The van der Waals surface area contributed by atoms with Gasteiger partial charge in [-0.05, 0) is 56.2 Å². The molecule has 1 aromatic carbocycles. The molecule has 0 aliphatic heterocycles. The molecular weight excluding hydrogens is 374 g/mol. The van der Waals surface area contributed by atoms with E-state index in [-0.39, 0.29) is 17.9 Å². The van der Waals surface area contributed by atoms with Crippen molar-refractivity contribution in [3.63, 3.8) is 0 Å². The molecule has 2 saturated carbocycles. The van der Waals surface area contributed by atoms with Crippen LogP contribution in [-0.2, 0) is 11.3 Å². The molecule has 1 aromatic heterocycles. The average molecular weight is 400 g/mol. The third-order valence-electron chi connectivity index (χ3n) is 5.09. The Kier molecular flexibility index (Phi) is 5.72. The summed E-state index contributed by atoms with van der Waals surface area (Å²) in [6, 6.07) is 5.86. The topological polar surface area (TPSA) is 56.1 Å². The van der Waals surface area contributed by atoms with E-state index in [0.29, 0.717) is 11.6 Å². The van der Waals surface area contributed by atoms with Gasteiger partial charge in [0.15, 0.2) is 0 Å². The lowest BCUT2D eigenvalue weighted by Crippen LogP contribution is -2.32. The van der Waals surface area contributed by atoms with Crippen LogP contribution in [0.1, 0.15) is 43.7 Å². The molecule has 0 spiro atoms. The molecule has 2 aromatic rings. The summed E-state index contributed by atoms with van der Waals surface area (Å²) in [5.74, 6) is 1.94. The molecule has 1 heterocycles. The molecule has 0 bridgehead atoms. The number of aromatic nitrogens is 2. The van der Waals surface area contributed by atoms with Crippen molar-refractivity contribution in [2.75, 3.05) is 6.61 Å². The minimum absolute atomic E-state index is 0.00841. The average Bonchev–Trinajstić information content (AvgIpc) is 3.59. The van der Waals surface area contributed by atoms with Gasteiger partial charge in [0.2, 0.25) is 5.91 Å². The van der Waals surface area contributed by atoms with Crippen molar-refractivity contribution in [1.29, 1.82) is 0 Å². The number of carbonyl (C=O) groups is 1. The number of hydrogen-bond acceptors (Lipinski definition) is 3. The fourth-order valence-corrected chi connectivity index (χ4v) is 3.19. The highest BCUT2D eigenvalue weighted by Crippen LogP contribution is 2.31. The van der Waals surface area contributed by atoms with E-state index in [0.717, 1.165) is 42.2 Å². The Morgan fingerprint density at radius 1 is 1.39 bits per heavy atom. The van der Waals surface area contributed by atoms with Gasteiger partial charge in [0.05, 0.1) is 19.3 Å². The molecule has 1 atom stereocenters. The van der Waals surface area contributed by atoms with Crippen molar-refractivity contribution >= 4 is 23.6 Å². The summed E-state index contributed by atoms with van der Waals surface area (Å²) in [5, 5.41) is 8.11. The smallest absolute Gasteiger partial charge is 0.223 e.